The zero-order chi connectivity index (χ0) is 22.5. The number of halogens is 5. The molecule has 1 N–H and O–H groups in total. The van der Waals surface area contributed by atoms with Gasteiger partial charge in [-0.15, -0.1) is 0 Å². The van der Waals surface area contributed by atoms with Gasteiger partial charge in [0, 0.05) is 24.7 Å². The van der Waals surface area contributed by atoms with Gasteiger partial charge in [0.1, 0.15) is 11.6 Å². The minimum absolute atomic E-state index is 0.0345. The predicted molar refractivity (Wildman–Crippen MR) is 98.8 cm³/mol. The number of alkyl halides is 3. The number of hydrogen-bond acceptors (Lipinski definition) is 3. The molecule has 1 aromatic carbocycles. The van der Waals surface area contributed by atoms with Gasteiger partial charge < -0.3 is 14.9 Å². The Morgan fingerprint density at radius 1 is 1.00 bits per heavy atom. The van der Waals surface area contributed by atoms with Gasteiger partial charge in [-0.1, -0.05) is 0 Å². The first-order chi connectivity index (χ1) is 13.9. The number of benzene rings is 1. The van der Waals surface area contributed by atoms with Crippen LogP contribution in [0.1, 0.15) is 37.7 Å². The van der Waals surface area contributed by atoms with E-state index in [9.17, 15) is 26.7 Å². The van der Waals surface area contributed by atoms with E-state index in [1.807, 2.05) is 4.90 Å². The molecule has 0 radical (unpaired) electrons. The summed E-state index contributed by atoms with van der Waals surface area (Å²) in [7, 11) is 2.18. The lowest BCUT2D eigenvalue weighted by atomic mass is 9.88. The molecule has 0 aromatic heterocycles. The van der Waals surface area contributed by atoms with E-state index in [-0.39, 0.29) is 17.9 Å². The smallest absolute Gasteiger partial charge is 0.475 e. The molecule has 0 saturated carbocycles. The third-order valence-electron chi connectivity index (χ3n) is 5.74. The van der Waals surface area contributed by atoms with Gasteiger partial charge >= 0.3 is 12.1 Å². The Kier molecular flexibility index (Phi) is 7.79. The van der Waals surface area contributed by atoms with Crippen LogP contribution in [0.2, 0.25) is 0 Å². The average Bonchev–Trinajstić information content (AvgIpc) is 2.84. The molecule has 2 saturated heterocycles. The number of nitrogens with zero attached hydrogens (tertiary/aromatic N) is 2. The zero-order valence-electron chi connectivity index (χ0n) is 16.6. The van der Waals surface area contributed by atoms with Gasteiger partial charge in [0.15, 0.2) is 0 Å². The maximum atomic E-state index is 13.3. The topological polar surface area (TPSA) is 60.9 Å². The Hall–Kier alpha value is -2.23. The van der Waals surface area contributed by atoms with E-state index in [1.165, 1.54) is 25.0 Å². The number of carboxylic acids is 1. The van der Waals surface area contributed by atoms with Crippen LogP contribution in [0.25, 0.3) is 0 Å². The molecule has 0 aliphatic carbocycles. The van der Waals surface area contributed by atoms with Crippen molar-refractivity contribution in [3.05, 3.63) is 35.4 Å². The molecule has 3 rings (SSSR count). The maximum absolute atomic E-state index is 13.3. The second-order valence-corrected chi connectivity index (χ2v) is 7.74. The van der Waals surface area contributed by atoms with Crippen molar-refractivity contribution >= 4 is 11.9 Å². The Bertz CT molecular complexity index is 751. The molecular formula is C20H25F5N2O3. The molecule has 30 heavy (non-hydrogen) atoms. The molecule has 2 aliphatic rings. The normalized spacial score (nSPS) is 22.4. The Morgan fingerprint density at radius 3 is 2.00 bits per heavy atom. The van der Waals surface area contributed by atoms with Crippen molar-refractivity contribution in [2.24, 2.45) is 0 Å². The largest absolute Gasteiger partial charge is 0.490 e. The lowest BCUT2D eigenvalue weighted by Gasteiger charge is -2.35. The van der Waals surface area contributed by atoms with Crippen LogP contribution in [-0.2, 0) is 16.0 Å². The Morgan fingerprint density at radius 2 is 1.53 bits per heavy atom. The molecule has 0 bridgehead atoms. The van der Waals surface area contributed by atoms with Gasteiger partial charge in [-0.3, -0.25) is 4.79 Å². The monoisotopic (exact) mass is 436 g/mol. The molecule has 5 nitrogen and oxygen atoms in total. The molecule has 1 aromatic rings. The molecule has 1 unspecified atom stereocenters. The molecular weight excluding hydrogens is 411 g/mol. The summed E-state index contributed by atoms with van der Waals surface area (Å²) in [6.45, 7) is 2.61. The van der Waals surface area contributed by atoms with Crippen molar-refractivity contribution in [1.29, 1.82) is 0 Å². The number of carbonyl (C=O) groups is 2. The van der Waals surface area contributed by atoms with Gasteiger partial charge in [0.05, 0.1) is 6.42 Å². The summed E-state index contributed by atoms with van der Waals surface area (Å²) < 4.78 is 58.3. The summed E-state index contributed by atoms with van der Waals surface area (Å²) in [5.41, 5.74) is 0.657. The van der Waals surface area contributed by atoms with Crippen molar-refractivity contribution in [3.63, 3.8) is 0 Å². The highest BCUT2D eigenvalue weighted by Gasteiger charge is 2.40. The summed E-state index contributed by atoms with van der Waals surface area (Å²) >= 11 is 0. The van der Waals surface area contributed by atoms with Gasteiger partial charge in [-0.05, 0) is 63.4 Å². The molecule has 10 heteroatoms. The van der Waals surface area contributed by atoms with E-state index in [0.29, 0.717) is 5.56 Å². The minimum Gasteiger partial charge on any atom is -0.475 e. The molecule has 2 aliphatic heterocycles. The highest BCUT2D eigenvalue weighted by molar-refractivity contribution is 5.78. The number of amides is 1. The fraction of sp³-hybridized carbons (Fsp3) is 0.600. The van der Waals surface area contributed by atoms with Crippen LogP contribution < -0.4 is 0 Å². The lowest BCUT2D eigenvalue weighted by molar-refractivity contribution is -0.192. The van der Waals surface area contributed by atoms with Gasteiger partial charge in [-0.2, -0.15) is 13.2 Å². The Labute approximate surface area is 171 Å². The predicted octanol–water partition coefficient (Wildman–Crippen LogP) is 3.62. The van der Waals surface area contributed by atoms with Crippen LogP contribution in [0.3, 0.4) is 0 Å². The molecule has 2 fully saturated rings. The third-order valence-corrected chi connectivity index (χ3v) is 5.74. The lowest BCUT2D eigenvalue weighted by Crippen LogP contribution is -2.42. The Balaban J connectivity index is 0.000000396. The number of likely N-dealkylation sites (tertiary alicyclic amines) is 2. The van der Waals surface area contributed by atoms with E-state index in [0.717, 1.165) is 45.0 Å². The maximum Gasteiger partial charge on any atom is 0.490 e. The SMILES string of the molecule is CN1CCCC12CCCN(C(=O)Cc1cc(F)cc(F)c1)CC2.O=C(O)C(F)(F)F. The molecule has 1 atom stereocenters. The van der Waals surface area contributed by atoms with Crippen LogP contribution in [0, 0.1) is 11.6 Å². The highest BCUT2D eigenvalue weighted by Crippen LogP contribution is 2.37. The third kappa shape index (κ3) is 6.38. The van der Waals surface area contributed by atoms with Crippen molar-refractivity contribution < 1.29 is 36.6 Å². The second-order valence-electron chi connectivity index (χ2n) is 7.74. The first kappa shape index (κ1) is 24.0. The van der Waals surface area contributed by atoms with Crippen molar-refractivity contribution in [2.75, 3.05) is 26.7 Å². The first-order valence-corrected chi connectivity index (χ1v) is 9.67. The van der Waals surface area contributed by atoms with Crippen LogP contribution in [0.5, 0.6) is 0 Å². The second kappa shape index (κ2) is 9.72. The first-order valence-electron chi connectivity index (χ1n) is 9.67. The molecule has 2 heterocycles. The van der Waals surface area contributed by atoms with Crippen LogP contribution >= 0.6 is 0 Å². The molecule has 1 amide bonds. The fourth-order valence-electron chi connectivity index (χ4n) is 4.13. The minimum atomic E-state index is -5.08. The van der Waals surface area contributed by atoms with E-state index in [2.05, 4.69) is 11.9 Å². The van der Waals surface area contributed by atoms with Crippen molar-refractivity contribution in [2.45, 2.75) is 50.2 Å². The fourth-order valence-corrected chi connectivity index (χ4v) is 4.13. The molecule has 168 valence electrons. The standard InChI is InChI=1S/C18H24F2N2O.C2HF3O2/c1-21-7-2-4-18(21)5-3-8-22(9-6-18)17(23)12-14-10-15(19)13-16(20)11-14;3-2(4,5)1(6)7/h10-11,13H,2-9,12H2,1H3;(H,6,7). The number of hydrogen-bond donors (Lipinski definition) is 1. The summed E-state index contributed by atoms with van der Waals surface area (Å²) in [6.07, 6.45) is 0.535. The summed E-state index contributed by atoms with van der Waals surface area (Å²) in [5, 5.41) is 7.12. The summed E-state index contributed by atoms with van der Waals surface area (Å²) in [4.78, 5) is 25.7. The number of aliphatic carboxylic acids is 1. The number of carbonyl (C=O) groups excluding carboxylic acids is 1. The van der Waals surface area contributed by atoms with Gasteiger partial charge in [0.2, 0.25) is 5.91 Å². The molecule has 1 spiro atoms. The average molecular weight is 436 g/mol. The quantitative estimate of drug-likeness (QED) is 0.720. The highest BCUT2D eigenvalue weighted by atomic mass is 19.4. The summed E-state index contributed by atoms with van der Waals surface area (Å²) in [5.74, 6) is -4.05. The zero-order valence-corrected chi connectivity index (χ0v) is 16.6. The van der Waals surface area contributed by atoms with Gasteiger partial charge in [-0.25, -0.2) is 13.6 Å². The van der Waals surface area contributed by atoms with Crippen molar-refractivity contribution in [3.8, 4) is 0 Å². The van der Waals surface area contributed by atoms with E-state index >= 15 is 0 Å². The number of rotatable bonds is 2. The van der Waals surface area contributed by atoms with Gasteiger partial charge in [0.25, 0.3) is 0 Å². The van der Waals surface area contributed by atoms with Crippen molar-refractivity contribution in [1.82, 2.24) is 9.80 Å². The van der Waals surface area contributed by atoms with E-state index < -0.39 is 23.8 Å². The number of carboxylic acid groups (broad SMARTS) is 1. The summed E-state index contributed by atoms with van der Waals surface area (Å²) in [6, 6.07) is 3.32. The van der Waals surface area contributed by atoms with E-state index in [1.54, 1.807) is 0 Å². The van der Waals surface area contributed by atoms with Crippen LogP contribution in [0.15, 0.2) is 18.2 Å². The van der Waals surface area contributed by atoms with Crippen LogP contribution in [-0.4, -0.2) is 65.2 Å². The van der Waals surface area contributed by atoms with E-state index in [4.69, 9.17) is 9.90 Å². The van der Waals surface area contributed by atoms with Crippen LogP contribution in [0.4, 0.5) is 22.0 Å².